The van der Waals surface area contributed by atoms with E-state index in [0.717, 1.165) is 0 Å². The van der Waals surface area contributed by atoms with Crippen LogP contribution in [0.2, 0.25) is 0 Å². The number of alkyl halides is 1. The molecule has 0 amide bonds. The van der Waals surface area contributed by atoms with Gasteiger partial charge in [0.2, 0.25) is 0 Å². The first-order chi connectivity index (χ1) is 4.00. The van der Waals surface area contributed by atoms with Gasteiger partial charge in [0.25, 0.3) is 0 Å². The molecule has 0 bridgehead atoms. The van der Waals surface area contributed by atoms with Crippen molar-refractivity contribution in [2.45, 2.75) is 18.9 Å². The van der Waals surface area contributed by atoms with Gasteiger partial charge in [-0.05, 0) is 6.42 Å². The standard InChI is InChI=1S/C3H7ClO.C3H9N/c1-2-3(4)5;1-4(2)3/h3,5H,2H2,1H3;1-3H3/p+1. The molecule has 0 aromatic carbocycles. The lowest BCUT2D eigenvalue weighted by atomic mass is 10.5. The SMILES string of the molecule is CCC(O)Cl.C[NH+](C)C. The van der Waals surface area contributed by atoms with Crippen molar-refractivity contribution in [3.63, 3.8) is 0 Å². The predicted molar refractivity (Wildman–Crippen MR) is 40.9 cm³/mol. The normalized spacial score (nSPS) is 12.3. The molecule has 0 aliphatic heterocycles. The van der Waals surface area contributed by atoms with Crippen LogP contribution in [0.5, 0.6) is 0 Å². The Kier molecular flexibility index (Phi) is 10.9. The van der Waals surface area contributed by atoms with Gasteiger partial charge < -0.3 is 10.0 Å². The summed E-state index contributed by atoms with van der Waals surface area (Å²) in [7, 11) is 6.25. The summed E-state index contributed by atoms with van der Waals surface area (Å²) in [6, 6.07) is 0. The molecule has 0 rings (SSSR count). The van der Waals surface area contributed by atoms with Gasteiger partial charge in [-0.15, -0.1) is 0 Å². The Hall–Kier alpha value is 0.210. The van der Waals surface area contributed by atoms with Crippen molar-refractivity contribution < 1.29 is 10.0 Å². The molecule has 0 heterocycles. The summed E-state index contributed by atoms with van der Waals surface area (Å²) < 4.78 is 0. The molecule has 0 radical (unpaired) electrons. The monoisotopic (exact) mass is 154 g/mol. The average molecular weight is 155 g/mol. The third kappa shape index (κ3) is 64.8. The lowest BCUT2D eigenvalue weighted by molar-refractivity contribution is -0.836. The maximum Gasteiger partial charge on any atom is 0.127 e. The van der Waals surface area contributed by atoms with E-state index in [1.54, 1.807) is 0 Å². The number of aliphatic hydroxyl groups excluding tert-OH is 1. The average Bonchev–Trinajstić information content (AvgIpc) is 1.65. The number of hydrogen-bond acceptors (Lipinski definition) is 1. The van der Waals surface area contributed by atoms with E-state index in [0.29, 0.717) is 6.42 Å². The van der Waals surface area contributed by atoms with Crippen molar-refractivity contribution in [2.24, 2.45) is 0 Å². The quantitative estimate of drug-likeness (QED) is 0.499. The second-order valence-corrected chi connectivity index (χ2v) is 2.85. The maximum atomic E-state index is 8.13. The first-order valence-corrected chi connectivity index (χ1v) is 3.53. The molecule has 0 aromatic heterocycles. The minimum absolute atomic E-state index is 0.627. The molecule has 58 valence electrons. The molecule has 0 saturated carbocycles. The van der Waals surface area contributed by atoms with Crippen molar-refractivity contribution in [2.75, 3.05) is 21.1 Å². The van der Waals surface area contributed by atoms with Crippen molar-refractivity contribution in [3.8, 4) is 0 Å². The molecule has 3 heteroatoms. The van der Waals surface area contributed by atoms with Gasteiger partial charge >= 0.3 is 0 Å². The minimum atomic E-state index is -0.644. The molecule has 2 nitrogen and oxygen atoms in total. The fraction of sp³-hybridized carbons (Fsp3) is 1.00. The smallest absolute Gasteiger partial charge is 0.127 e. The van der Waals surface area contributed by atoms with Crippen LogP contribution in [0, 0.1) is 0 Å². The largest absolute Gasteiger partial charge is 0.378 e. The number of nitrogens with one attached hydrogen (secondary N) is 1. The van der Waals surface area contributed by atoms with Gasteiger partial charge in [-0.1, -0.05) is 18.5 Å². The molecule has 0 saturated heterocycles. The van der Waals surface area contributed by atoms with Crippen molar-refractivity contribution in [1.29, 1.82) is 0 Å². The highest BCUT2D eigenvalue weighted by Crippen LogP contribution is 1.91. The van der Waals surface area contributed by atoms with Gasteiger partial charge in [-0.25, -0.2) is 0 Å². The Labute approximate surface area is 62.4 Å². The third-order valence-electron chi connectivity index (χ3n) is 0.337. The highest BCUT2D eigenvalue weighted by atomic mass is 35.5. The van der Waals surface area contributed by atoms with Crippen LogP contribution in [0.4, 0.5) is 0 Å². The van der Waals surface area contributed by atoms with Crippen LogP contribution in [0.25, 0.3) is 0 Å². The molecule has 9 heavy (non-hydrogen) atoms. The number of rotatable bonds is 1. The van der Waals surface area contributed by atoms with E-state index in [1.807, 2.05) is 6.92 Å². The Bertz CT molecular complexity index is 45.6. The zero-order chi connectivity index (χ0) is 7.86. The van der Waals surface area contributed by atoms with E-state index in [-0.39, 0.29) is 0 Å². The Morgan fingerprint density at radius 2 is 1.56 bits per heavy atom. The first-order valence-electron chi connectivity index (χ1n) is 3.09. The lowest BCUT2D eigenvalue weighted by Crippen LogP contribution is -3.02. The number of halogens is 1. The summed E-state index contributed by atoms with van der Waals surface area (Å²) in [5.41, 5.74) is -0.644. The maximum absolute atomic E-state index is 8.13. The molecule has 0 fully saturated rings. The summed E-state index contributed by atoms with van der Waals surface area (Å²) in [6.45, 7) is 1.82. The highest BCUT2D eigenvalue weighted by Gasteiger charge is 1.85. The van der Waals surface area contributed by atoms with Gasteiger partial charge in [0.1, 0.15) is 5.56 Å². The molecule has 0 aromatic rings. The van der Waals surface area contributed by atoms with Crippen LogP contribution in [0.1, 0.15) is 13.3 Å². The van der Waals surface area contributed by atoms with Gasteiger partial charge in [-0.3, -0.25) is 0 Å². The molecule has 0 aliphatic rings. The summed E-state index contributed by atoms with van der Waals surface area (Å²) >= 11 is 5.02. The Balaban J connectivity index is 0. The molecular formula is C6H17ClNO+. The molecule has 2 N–H and O–H groups in total. The van der Waals surface area contributed by atoms with Gasteiger partial charge in [0.15, 0.2) is 0 Å². The van der Waals surface area contributed by atoms with Crippen molar-refractivity contribution in [3.05, 3.63) is 0 Å². The molecule has 1 unspecified atom stereocenters. The van der Waals surface area contributed by atoms with Gasteiger partial charge in [0, 0.05) is 0 Å². The number of aliphatic hydroxyl groups is 1. The van der Waals surface area contributed by atoms with E-state index >= 15 is 0 Å². The van der Waals surface area contributed by atoms with E-state index < -0.39 is 5.56 Å². The van der Waals surface area contributed by atoms with E-state index in [1.165, 1.54) is 4.90 Å². The number of quaternary nitrogens is 1. The second kappa shape index (κ2) is 8.21. The third-order valence-corrected chi connectivity index (χ3v) is 0.645. The van der Waals surface area contributed by atoms with Crippen LogP contribution in [0.3, 0.4) is 0 Å². The summed E-state index contributed by atoms with van der Waals surface area (Å²) in [5, 5.41) is 8.13. The fourth-order valence-corrected chi connectivity index (χ4v) is 0. The van der Waals surface area contributed by atoms with E-state index in [2.05, 4.69) is 21.1 Å². The van der Waals surface area contributed by atoms with Crippen LogP contribution in [0.15, 0.2) is 0 Å². The van der Waals surface area contributed by atoms with Crippen LogP contribution >= 0.6 is 11.6 Å². The summed E-state index contributed by atoms with van der Waals surface area (Å²) in [5.74, 6) is 0. The Morgan fingerprint density at radius 3 is 1.56 bits per heavy atom. The predicted octanol–water partition coefficient (Wildman–Crippen LogP) is -0.286. The summed E-state index contributed by atoms with van der Waals surface area (Å²) in [4.78, 5) is 1.42. The van der Waals surface area contributed by atoms with Crippen LogP contribution in [-0.2, 0) is 0 Å². The first kappa shape index (κ1) is 11.9. The van der Waals surface area contributed by atoms with Crippen LogP contribution < -0.4 is 4.90 Å². The number of hydrogen-bond donors (Lipinski definition) is 2. The van der Waals surface area contributed by atoms with Gasteiger partial charge in [-0.2, -0.15) is 0 Å². The van der Waals surface area contributed by atoms with Crippen molar-refractivity contribution in [1.82, 2.24) is 0 Å². The Morgan fingerprint density at radius 1 is 1.44 bits per heavy atom. The highest BCUT2D eigenvalue weighted by molar-refractivity contribution is 6.19. The molecule has 0 spiro atoms. The molecular weight excluding hydrogens is 138 g/mol. The molecule has 1 atom stereocenters. The summed E-state index contributed by atoms with van der Waals surface area (Å²) in [6.07, 6.45) is 0.627. The fourth-order valence-electron chi connectivity index (χ4n) is 0. The second-order valence-electron chi connectivity index (χ2n) is 2.34. The molecule has 0 aliphatic carbocycles. The van der Waals surface area contributed by atoms with Gasteiger partial charge in [0.05, 0.1) is 21.1 Å². The van der Waals surface area contributed by atoms with Crippen LogP contribution in [-0.4, -0.2) is 31.8 Å². The van der Waals surface area contributed by atoms with E-state index in [9.17, 15) is 0 Å². The lowest BCUT2D eigenvalue weighted by Gasteiger charge is -1.88. The zero-order valence-electron chi connectivity index (χ0n) is 6.61. The topological polar surface area (TPSA) is 24.7 Å². The zero-order valence-corrected chi connectivity index (χ0v) is 7.37. The van der Waals surface area contributed by atoms with Crippen molar-refractivity contribution >= 4 is 11.6 Å². The van der Waals surface area contributed by atoms with E-state index in [4.69, 9.17) is 16.7 Å². The minimum Gasteiger partial charge on any atom is -0.378 e.